The van der Waals surface area contributed by atoms with Crippen LogP contribution in [0.4, 0.5) is 0 Å². The lowest BCUT2D eigenvalue weighted by atomic mass is 9.99. The van der Waals surface area contributed by atoms with E-state index in [0.29, 0.717) is 5.92 Å². The van der Waals surface area contributed by atoms with Crippen molar-refractivity contribution in [3.63, 3.8) is 0 Å². The molecule has 1 heterocycles. The molecule has 1 aliphatic heterocycles. The maximum Gasteiger partial charge on any atom is 0.126 e. The van der Waals surface area contributed by atoms with E-state index in [-0.39, 0.29) is 7.43 Å². The molecule has 0 saturated heterocycles. The Morgan fingerprint density at radius 3 is 2.77 bits per heavy atom. The van der Waals surface area contributed by atoms with Crippen LogP contribution in [0.3, 0.4) is 0 Å². The maximum atomic E-state index is 5.59. The number of benzene rings is 1. The molecule has 72 valence electrons. The van der Waals surface area contributed by atoms with E-state index in [4.69, 9.17) is 4.74 Å². The summed E-state index contributed by atoms with van der Waals surface area (Å²) in [6.45, 7) is 5.27. The average Bonchev–Trinajstić information content (AvgIpc) is 2.49. The number of rotatable bonds is 1. The van der Waals surface area contributed by atoms with E-state index in [1.165, 1.54) is 11.1 Å². The Hall–Kier alpha value is -0.980. The minimum Gasteiger partial charge on any atom is -0.493 e. The van der Waals surface area contributed by atoms with Crippen LogP contribution in [0.25, 0.3) is 0 Å². The molecule has 0 bridgehead atoms. The molecular weight excluding hydrogens is 160 g/mol. The quantitative estimate of drug-likeness (QED) is 0.640. The molecule has 0 spiro atoms. The molecule has 0 fully saturated rings. The lowest BCUT2D eigenvalue weighted by Crippen LogP contribution is -1.93. The van der Waals surface area contributed by atoms with Gasteiger partial charge in [-0.2, -0.15) is 0 Å². The van der Waals surface area contributed by atoms with Crippen LogP contribution in [0.15, 0.2) is 18.2 Å². The molecule has 0 atom stereocenters. The van der Waals surface area contributed by atoms with Crippen molar-refractivity contribution in [2.45, 2.75) is 33.6 Å². The van der Waals surface area contributed by atoms with Crippen molar-refractivity contribution >= 4 is 0 Å². The van der Waals surface area contributed by atoms with Crippen LogP contribution in [0, 0.1) is 0 Å². The second kappa shape index (κ2) is 3.82. The summed E-state index contributed by atoms with van der Waals surface area (Å²) in [7, 11) is 0. The van der Waals surface area contributed by atoms with E-state index in [1.54, 1.807) is 0 Å². The van der Waals surface area contributed by atoms with E-state index in [1.807, 2.05) is 0 Å². The molecule has 0 aliphatic carbocycles. The van der Waals surface area contributed by atoms with Crippen molar-refractivity contribution in [1.29, 1.82) is 0 Å². The molecule has 0 amide bonds. The van der Waals surface area contributed by atoms with Crippen molar-refractivity contribution in [3.8, 4) is 5.75 Å². The van der Waals surface area contributed by atoms with Crippen LogP contribution < -0.4 is 4.74 Å². The molecule has 1 aromatic carbocycles. The predicted molar refractivity (Wildman–Crippen MR) is 56.5 cm³/mol. The number of fused-ring (bicyclic) bond motifs is 1. The van der Waals surface area contributed by atoms with E-state index < -0.39 is 0 Å². The Bertz CT molecular complexity index is 289. The van der Waals surface area contributed by atoms with Crippen LogP contribution in [-0.2, 0) is 6.42 Å². The molecule has 0 unspecified atom stereocenters. The fourth-order valence-corrected chi connectivity index (χ4v) is 1.70. The van der Waals surface area contributed by atoms with Gasteiger partial charge in [-0.25, -0.2) is 0 Å². The minimum absolute atomic E-state index is 0. The van der Waals surface area contributed by atoms with Crippen LogP contribution in [0.2, 0.25) is 0 Å². The molecule has 1 aromatic rings. The molecule has 0 radical (unpaired) electrons. The average molecular weight is 178 g/mol. The largest absolute Gasteiger partial charge is 0.493 e. The Morgan fingerprint density at radius 1 is 1.31 bits per heavy atom. The second-order valence-corrected chi connectivity index (χ2v) is 3.59. The normalized spacial score (nSPS) is 13.5. The van der Waals surface area contributed by atoms with Crippen LogP contribution in [0.5, 0.6) is 5.75 Å². The van der Waals surface area contributed by atoms with Gasteiger partial charge in [0.1, 0.15) is 5.75 Å². The van der Waals surface area contributed by atoms with Crippen LogP contribution in [-0.4, -0.2) is 6.61 Å². The predicted octanol–water partition coefficient (Wildman–Crippen LogP) is 3.38. The second-order valence-electron chi connectivity index (χ2n) is 3.59. The van der Waals surface area contributed by atoms with Gasteiger partial charge < -0.3 is 4.74 Å². The summed E-state index contributed by atoms with van der Waals surface area (Å²) >= 11 is 0. The minimum atomic E-state index is 0. The van der Waals surface area contributed by atoms with E-state index >= 15 is 0 Å². The van der Waals surface area contributed by atoms with Crippen LogP contribution in [0.1, 0.15) is 38.3 Å². The highest BCUT2D eigenvalue weighted by Gasteiger charge is 2.16. The summed E-state index contributed by atoms with van der Waals surface area (Å²) in [5.41, 5.74) is 2.73. The molecule has 0 saturated carbocycles. The van der Waals surface area contributed by atoms with Crippen molar-refractivity contribution < 1.29 is 4.74 Å². The third-order valence-electron chi connectivity index (χ3n) is 2.37. The van der Waals surface area contributed by atoms with Gasteiger partial charge in [-0.1, -0.05) is 39.5 Å². The topological polar surface area (TPSA) is 9.23 Å². The first-order chi connectivity index (χ1) is 5.79. The Kier molecular flexibility index (Phi) is 2.97. The SMILES string of the molecule is C.CC(C)c1cccc2c1OCC2. The Balaban J connectivity index is 0.000000845. The third kappa shape index (κ3) is 1.69. The Morgan fingerprint density at radius 2 is 2.08 bits per heavy atom. The molecule has 1 aliphatic rings. The lowest BCUT2D eigenvalue weighted by Gasteiger charge is -2.10. The van der Waals surface area contributed by atoms with Crippen molar-refractivity contribution in [1.82, 2.24) is 0 Å². The van der Waals surface area contributed by atoms with Crippen LogP contribution >= 0.6 is 0 Å². The first-order valence-corrected chi connectivity index (χ1v) is 4.53. The molecular formula is C12H18O. The fraction of sp³-hybridized carbons (Fsp3) is 0.500. The zero-order valence-electron chi connectivity index (χ0n) is 7.63. The van der Waals surface area contributed by atoms with Crippen molar-refractivity contribution in [3.05, 3.63) is 29.3 Å². The monoisotopic (exact) mass is 178 g/mol. The van der Waals surface area contributed by atoms with Gasteiger partial charge >= 0.3 is 0 Å². The third-order valence-corrected chi connectivity index (χ3v) is 2.37. The fourth-order valence-electron chi connectivity index (χ4n) is 1.70. The lowest BCUT2D eigenvalue weighted by molar-refractivity contribution is 0.352. The van der Waals surface area contributed by atoms with Gasteiger partial charge in [-0.05, 0) is 17.0 Å². The smallest absolute Gasteiger partial charge is 0.126 e. The highest BCUT2D eigenvalue weighted by atomic mass is 16.5. The van der Waals surface area contributed by atoms with E-state index in [2.05, 4.69) is 32.0 Å². The maximum absolute atomic E-state index is 5.59. The summed E-state index contributed by atoms with van der Waals surface area (Å²) in [6.07, 6.45) is 1.08. The summed E-state index contributed by atoms with van der Waals surface area (Å²) in [5, 5.41) is 0. The van der Waals surface area contributed by atoms with Crippen molar-refractivity contribution in [2.75, 3.05) is 6.61 Å². The molecule has 2 rings (SSSR count). The Labute approximate surface area is 80.7 Å². The van der Waals surface area contributed by atoms with Gasteiger partial charge in [0.15, 0.2) is 0 Å². The van der Waals surface area contributed by atoms with Gasteiger partial charge in [0.25, 0.3) is 0 Å². The zero-order chi connectivity index (χ0) is 8.55. The summed E-state index contributed by atoms with van der Waals surface area (Å²) in [5.74, 6) is 1.71. The first kappa shape index (κ1) is 10.1. The van der Waals surface area contributed by atoms with E-state index in [0.717, 1.165) is 18.8 Å². The highest BCUT2D eigenvalue weighted by Crippen LogP contribution is 2.33. The number of hydrogen-bond donors (Lipinski definition) is 0. The van der Waals surface area contributed by atoms with E-state index in [9.17, 15) is 0 Å². The zero-order valence-corrected chi connectivity index (χ0v) is 7.63. The molecule has 1 heteroatoms. The standard InChI is InChI=1S/C11H14O.CH4/c1-8(2)10-5-3-4-9-6-7-12-11(9)10;/h3-5,8H,6-7H2,1-2H3;1H4. The molecule has 13 heavy (non-hydrogen) atoms. The number of para-hydroxylation sites is 1. The van der Waals surface area contributed by atoms with Gasteiger partial charge in [0, 0.05) is 6.42 Å². The van der Waals surface area contributed by atoms with Gasteiger partial charge in [0.05, 0.1) is 6.61 Å². The summed E-state index contributed by atoms with van der Waals surface area (Å²) in [6, 6.07) is 6.45. The number of hydrogen-bond acceptors (Lipinski definition) is 1. The van der Waals surface area contributed by atoms with Crippen molar-refractivity contribution in [2.24, 2.45) is 0 Å². The number of ether oxygens (including phenoxy) is 1. The first-order valence-electron chi connectivity index (χ1n) is 4.53. The van der Waals surface area contributed by atoms with Gasteiger partial charge in [0.2, 0.25) is 0 Å². The van der Waals surface area contributed by atoms with Gasteiger partial charge in [-0.3, -0.25) is 0 Å². The van der Waals surface area contributed by atoms with Gasteiger partial charge in [-0.15, -0.1) is 0 Å². The summed E-state index contributed by atoms with van der Waals surface area (Å²) < 4.78 is 5.59. The highest BCUT2D eigenvalue weighted by molar-refractivity contribution is 5.45. The molecule has 0 aromatic heterocycles. The summed E-state index contributed by atoms with van der Waals surface area (Å²) in [4.78, 5) is 0. The molecule has 0 N–H and O–H groups in total. The molecule has 1 nitrogen and oxygen atoms in total.